The van der Waals surface area contributed by atoms with Gasteiger partial charge in [0.1, 0.15) is 6.61 Å². The predicted octanol–water partition coefficient (Wildman–Crippen LogP) is 4.48. The highest BCUT2D eigenvalue weighted by Crippen LogP contribution is 2.16. The van der Waals surface area contributed by atoms with E-state index in [1.807, 2.05) is 19.1 Å². The first-order valence-electron chi connectivity index (χ1n) is 8.48. The molecule has 0 saturated carbocycles. The van der Waals surface area contributed by atoms with Crippen molar-refractivity contribution in [2.24, 2.45) is 10.9 Å². The zero-order chi connectivity index (χ0) is 18.9. The largest absolute Gasteiger partial charge is 0.411 e. The highest BCUT2D eigenvalue weighted by Gasteiger charge is 2.27. The van der Waals surface area contributed by atoms with Crippen LogP contribution in [0.5, 0.6) is 0 Å². The third kappa shape index (κ3) is 10.8. The molecule has 8 heteroatoms. The summed E-state index contributed by atoms with van der Waals surface area (Å²) >= 11 is 0. The first kappa shape index (κ1) is 25.0. The van der Waals surface area contributed by atoms with Gasteiger partial charge in [-0.05, 0) is 30.9 Å². The van der Waals surface area contributed by atoms with E-state index in [9.17, 15) is 13.2 Å². The Morgan fingerprint density at radius 3 is 2.42 bits per heavy atom. The van der Waals surface area contributed by atoms with Gasteiger partial charge in [0, 0.05) is 12.6 Å². The maximum absolute atomic E-state index is 12.1. The number of hydrogen-bond acceptors (Lipinski definition) is 2. The summed E-state index contributed by atoms with van der Waals surface area (Å²) in [5.41, 5.74) is 1.62. The van der Waals surface area contributed by atoms with Gasteiger partial charge in [0.25, 0.3) is 0 Å². The van der Waals surface area contributed by atoms with Crippen molar-refractivity contribution in [2.75, 3.05) is 13.2 Å². The monoisotopic (exact) mass is 487 g/mol. The van der Waals surface area contributed by atoms with Crippen LogP contribution in [-0.4, -0.2) is 31.3 Å². The minimum Gasteiger partial charge on any atom is -0.367 e. The third-order valence-electron chi connectivity index (χ3n) is 3.65. The van der Waals surface area contributed by atoms with Crippen LogP contribution in [0.25, 0.3) is 0 Å². The molecule has 0 aliphatic carbocycles. The minimum absolute atomic E-state index is 0. The van der Waals surface area contributed by atoms with Gasteiger partial charge >= 0.3 is 6.18 Å². The lowest BCUT2D eigenvalue weighted by atomic mass is 10.1. The van der Waals surface area contributed by atoms with Gasteiger partial charge in [-0.2, -0.15) is 13.2 Å². The molecule has 4 nitrogen and oxygen atoms in total. The van der Waals surface area contributed by atoms with Crippen LogP contribution in [0.1, 0.15) is 38.8 Å². The summed E-state index contributed by atoms with van der Waals surface area (Å²) in [7, 11) is 0. The Hall–Kier alpha value is -1.03. The van der Waals surface area contributed by atoms with Crippen molar-refractivity contribution in [3.8, 4) is 0 Å². The molecule has 0 saturated heterocycles. The number of nitrogens with one attached hydrogen (secondary N) is 2. The molecule has 150 valence electrons. The summed E-state index contributed by atoms with van der Waals surface area (Å²) < 4.78 is 41.1. The maximum Gasteiger partial charge on any atom is 0.411 e. The number of rotatable bonds is 8. The lowest BCUT2D eigenvalue weighted by Gasteiger charge is -2.20. The second kappa shape index (κ2) is 12.4. The van der Waals surface area contributed by atoms with Gasteiger partial charge < -0.3 is 15.4 Å². The molecule has 1 atom stereocenters. The second-order valence-corrected chi connectivity index (χ2v) is 6.30. The number of benzene rings is 1. The summed E-state index contributed by atoms with van der Waals surface area (Å²) in [5.74, 6) is 1.19. The number of aliphatic imine (C=N–C) groups is 1. The van der Waals surface area contributed by atoms with Gasteiger partial charge in [0.15, 0.2) is 5.96 Å². The Morgan fingerprint density at radius 2 is 1.85 bits per heavy atom. The fourth-order valence-corrected chi connectivity index (χ4v) is 1.98. The molecule has 1 rings (SSSR count). The van der Waals surface area contributed by atoms with Gasteiger partial charge in [-0.3, -0.25) is 0 Å². The molecule has 0 fully saturated rings. The van der Waals surface area contributed by atoms with E-state index in [1.54, 1.807) is 12.1 Å². The van der Waals surface area contributed by atoms with Crippen molar-refractivity contribution >= 4 is 29.9 Å². The van der Waals surface area contributed by atoms with E-state index in [0.29, 0.717) is 18.0 Å². The molecule has 0 aromatic heterocycles. The van der Waals surface area contributed by atoms with Crippen molar-refractivity contribution in [1.29, 1.82) is 0 Å². The molecule has 26 heavy (non-hydrogen) atoms. The Morgan fingerprint density at radius 1 is 1.19 bits per heavy atom. The number of ether oxygens (including phenoxy) is 1. The fraction of sp³-hybridized carbons (Fsp3) is 0.611. The third-order valence-corrected chi connectivity index (χ3v) is 3.65. The molecule has 1 aromatic rings. The van der Waals surface area contributed by atoms with Crippen LogP contribution in [-0.2, 0) is 17.9 Å². The first-order valence-corrected chi connectivity index (χ1v) is 8.48. The van der Waals surface area contributed by atoms with E-state index >= 15 is 0 Å². The number of alkyl halides is 3. The molecule has 0 bridgehead atoms. The fourth-order valence-electron chi connectivity index (χ4n) is 1.98. The molecule has 0 amide bonds. The van der Waals surface area contributed by atoms with Crippen molar-refractivity contribution < 1.29 is 17.9 Å². The molecule has 0 aliphatic rings. The van der Waals surface area contributed by atoms with E-state index in [2.05, 4.69) is 36.4 Å². The van der Waals surface area contributed by atoms with Gasteiger partial charge in [0.05, 0.1) is 13.2 Å². The maximum atomic E-state index is 12.1. The zero-order valence-corrected chi connectivity index (χ0v) is 18.0. The van der Waals surface area contributed by atoms with Gasteiger partial charge in [-0.25, -0.2) is 4.99 Å². The Bertz CT molecular complexity index is 551. The minimum atomic E-state index is -4.30. The zero-order valence-electron chi connectivity index (χ0n) is 15.7. The second-order valence-electron chi connectivity index (χ2n) is 6.30. The highest BCUT2D eigenvalue weighted by molar-refractivity contribution is 14.0. The van der Waals surface area contributed by atoms with Crippen LogP contribution in [0, 0.1) is 5.92 Å². The lowest BCUT2D eigenvalue weighted by molar-refractivity contribution is -0.176. The van der Waals surface area contributed by atoms with Gasteiger partial charge in [-0.15, -0.1) is 24.0 Å². The smallest absolute Gasteiger partial charge is 0.367 e. The van der Waals surface area contributed by atoms with Crippen LogP contribution >= 0.6 is 24.0 Å². The SMILES string of the molecule is CCNC(=NCc1cccc(COCC(F)(F)F)c1)NC(C)C(C)C.I. The molecule has 2 N–H and O–H groups in total. The van der Waals surface area contributed by atoms with Crippen molar-refractivity contribution in [1.82, 2.24) is 10.6 Å². The van der Waals surface area contributed by atoms with Crippen LogP contribution in [0.2, 0.25) is 0 Å². The van der Waals surface area contributed by atoms with Crippen molar-refractivity contribution in [3.63, 3.8) is 0 Å². The normalized spacial score (nSPS) is 13.3. The van der Waals surface area contributed by atoms with Crippen molar-refractivity contribution in [3.05, 3.63) is 35.4 Å². The summed E-state index contributed by atoms with van der Waals surface area (Å²) in [5, 5.41) is 6.54. The molecule has 0 aliphatic heterocycles. The van der Waals surface area contributed by atoms with Gasteiger partial charge in [-0.1, -0.05) is 38.1 Å². The average Bonchev–Trinajstić information content (AvgIpc) is 2.52. The lowest BCUT2D eigenvalue weighted by Crippen LogP contribution is -2.44. The van der Waals surface area contributed by atoms with Crippen LogP contribution in [0.4, 0.5) is 13.2 Å². The van der Waals surface area contributed by atoms with Crippen molar-refractivity contribution in [2.45, 2.75) is 53.1 Å². The highest BCUT2D eigenvalue weighted by atomic mass is 127. The molecule has 1 unspecified atom stereocenters. The van der Waals surface area contributed by atoms with Crippen LogP contribution < -0.4 is 10.6 Å². The Balaban J connectivity index is 0.00000625. The molecule has 0 spiro atoms. The summed E-state index contributed by atoms with van der Waals surface area (Å²) in [6.45, 7) is 8.23. The van der Waals surface area contributed by atoms with Crippen LogP contribution in [0.3, 0.4) is 0 Å². The van der Waals surface area contributed by atoms with E-state index in [-0.39, 0.29) is 36.6 Å². The molecule has 1 aromatic carbocycles. The topological polar surface area (TPSA) is 45.7 Å². The van der Waals surface area contributed by atoms with Gasteiger partial charge in [0.2, 0.25) is 0 Å². The Labute approximate surface area is 171 Å². The molecular weight excluding hydrogens is 458 g/mol. The number of halogens is 4. The molecule has 0 heterocycles. The standard InChI is InChI=1S/C18H28F3N3O.HI/c1-5-22-17(24-14(4)13(2)3)23-10-15-7-6-8-16(9-15)11-25-12-18(19,20)21;/h6-9,13-14H,5,10-12H2,1-4H3,(H2,22,23,24);1H. The summed E-state index contributed by atoms with van der Waals surface area (Å²) in [6.07, 6.45) is -4.30. The molecular formula is C18H29F3IN3O. The van der Waals surface area contributed by atoms with Crippen LogP contribution in [0.15, 0.2) is 29.3 Å². The van der Waals surface area contributed by atoms with E-state index in [1.165, 1.54) is 0 Å². The van der Waals surface area contributed by atoms with E-state index in [0.717, 1.165) is 18.1 Å². The number of nitrogens with zero attached hydrogens (tertiary/aromatic N) is 1. The Kier molecular flexibility index (Phi) is 11.9. The first-order chi connectivity index (χ1) is 11.7. The molecule has 0 radical (unpaired) electrons. The van der Waals surface area contributed by atoms with E-state index < -0.39 is 12.8 Å². The summed E-state index contributed by atoms with van der Waals surface area (Å²) in [4.78, 5) is 4.54. The number of hydrogen-bond donors (Lipinski definition) is 2. The average molecular weight is 487 g/mol. The summed E-state index contributed by atoms with van der Waals surface area (Å²) in [6, 6.07) is 7.53. The predicted molar refractivity (Wildman–Crippen MR) is 110 cm³/mol. The van der Waals surface area contributed by atoms with E-state index in [4.69, 9.17) is 4.74 Å². The quantitative estimate of drug-likeness (QED) is 0.323. The number of guanidine groups is 1.